The van der Waals surface area contributed by atoms with E-state index in [0.29, 0.717) is 18.8 Å². The number of nitrogens with one attached hydrogen (secondary N) is 2. The molecule has 0 fully saturated rings. The molecule has 4 rings (SSSR count). The number of para-hydroxylation sites is 1. The van der Waals surface area contributed by atoms with Gasteiger partial charge in [-0.3, -0.25) is 9.59 Å². The van der Waals surface area contributed by atoms with Gasteiger partial charge in [0, 0.05) is 47.4 Å². The number of aromatic nitrogens is 1. The molecular formula is C21H20FN3O2S. The maximum atomic E-state index is 12.9. The minimum Gasteiger partial charge on any atom is -0.358 e. The molecule has 1 aliphatic heterocycles. The first-order valence-electron chi connectivity index (χ1n) is 9.09. The van der Waals surface area contributed by atoms with Crippen LogP contribution in [-0.4, -0.2) is 39.7 Å². The Labute approximate surface area is 166 Å². The first kappa shape index (κ1) is 18.6. The molecule has 1 aliphatic rings. The van der Waals surface area contributed by atoms with Gasteiger partial charge < -0.3 is 15.2 Å². The van der Waals surface area contributed by atoms with Crippen molar-refractivity contribution in [2.75, 3.05) is 23.4 Å². The topological polar surface area (TPSA) is 65.2 Å². The van der Waals surface area contributed by atoms with Gasteiger partial charge in [-0.1, -0.05) is 18.2 Å². The average Bonchev–Trinajstić information content (AvgIpc) is 3.07. The number of nitrogens with zero attached hydrogens (tertiary/aromatic N) is 1. The van der Waals surface area contributed by atoms with E-state index >= 15 is 0 Å². The molecule has 0 atom stereocenters. The first-order valence-corrected chi connectivity index (χ1v) is 10.2. The van der Waals surface area contributed by atoms with E-state index in [1.54, 1.807) is 0 Å². The second-order valence-electron chi connectivity index (χ2n) is 6.74. The number of anilines is 1. The van der Waals surface area contributed by atoms with Crippen molar-refractivity contribution in [1.82, 2.24) is 9.88 Å². The molecule has 0 unspecified atom stereocenters. The van der Waals surface area contributed by atoms with Gasteiger partial charge in [-0.25, -0.2) is 4.39 Å². The van der Waals surface area contributed by atoms with E-state index < -0.39 is 0 Å². The van der Waals surface area contributed by atoms with Gasteiger partial charge in [0.25, 0.3) is 0 Å². The highest BCUT2D eigenvalue weighted by Crippen LogP contribution is 2.27. The summed E-state index contributed by atoms with van der Waals surface area (Å²) in [7, 11) is 0. The molecule has 5 nitrogen and oxygen atoms in total. The summed E-state index contributed by atoms with van der Waals surface area (Å²) in [6.45, 7) is 1.28. The van der Waals surface area contributed by atoms with Gasteiger partial charge in [0.15, 0.2) is 0 Å². The Morgan fingerprint density at radius 3 is 2.71 bits per heavy atom. The van der Waals surface area contributed by atoms with Crippen molar-refractivity contribution >= 4 is 40.2 Å². The van der Waals surface area contributed by atoms with Crippen molar-refractivity contribution in [3.63, 3.8) is 0 Å². The van der Waals surface area contributed by atoms with Gasteiger partial charge in [-0.2, -0.15) is 0 Å². The third-order valence-corrected chi connectivity index (χ3v) is 5.74. The number of halogens is 1. The number of rotatable bonds is 5. The van der Waals surface area contributed by atoms with Crippen LogP contribution >= 0.6 is 11.8 Å². The normalized spacial score (nSPS) is 13.4. The fraction of sp³-hybridized carbons (Fsp3) is 0.238. The number of hydrogen-bond acceptors (Lipinski definition) is 3. The van der Waals surface area contributed by atoms with Gasteiger partial charge in [0.1, 0.15) is 5.82 Å². The second-order valence-corrected chi connectivity index (χ2v) is 7.73. The lowest BCUT2D eigenvalue weighted by Gasteiger charge is -2.27. The number of carbonyl (C=O) groups excluding carboxylic acids is 2. The number of aromatic amines is 1. The van der Waals surface area contributed by atoms with Crippen LogP contribution in [0.15, 0.2) is 48.5 Å². The molecular weight excluding hydrogens is 377 g/mol. The van der Waals surface area contributed by atoms with E-state index in [2.05, 4.69) is 22.4 Å². The van der Waals surface area contributed by atoms with E-state index in [-0.39, 0.29) is 29.1 Å². The number of H-pyrrole nitrogens is 1. The Morgan fingerprint density at radius 2 is 1.89 bits per heavy atom. The lowest BCUT2D eigenvalue weighted by Crippen LogP contribution is -2.37. The van der Waals surface area contributed by atoms with Crippen LogP contribution in [0.3, 0.4) is 0 Å². The number of benzene rings is 2. The molecule has 0 saturated carbocycles. The summed E-state index contributed by atoms with van der Waals surface area (Å²) in [5, 5.41) is 3.86. The van der Waals surface area contributed by atoms with Crippen LogP contribution < -0.4 is 5.32 Å². The maximum Gasteiger partial charge on any atom is 0.234 e. The third kappa shape index (κ3) is 4.04. The predicted molar refractivity (Wildman–Crippen MR) is 110 cm³/mol. The SMILES string of the molecule is O=C(CSCC(=O)N1CCc2[nH]c3ccccc3c2C1)Nc1ccc(F)cc1. The smallest absolute Gasteiger partial charge is 0.234 e. The molecule has 28 heavy (non-hydrogen) atoms. The van der Waals surface area contributed by atoms with E-state index in [1.165, 1.54) is 52.7 Å². The molecule has 144 valence electrons. The monoisotopic (exact) mass is 397 g/mol. The molecule has 2 heterocycles. The molecule has 0 radical (unpaired) electrons. The first-order chi connectivity index (χ1) is 13.6. The molecule has 0 spiro atoms. The lowest BCUT2D eigenvalue weighted by molar-refractivity contribution is -0.129. The molecule has 0 saturated heterocycles. The standard InChI is InChI=1S/C21H20FN3O2S/c22-14-5-7-15(8-6-14)23-20(26)12-28-13-21(27)25-10-9-19-17(11-25)16-3-1-2-4-18(16)24-19/h1-8,24H,9-13H2,(H,23,26). The van der Waals surface area contributed by atoms with Crippen molar-refractivity contribution in [3.8, 4) is 0 Å². The van der Waals surface area contributed by atoms with E-state index in [9.17, 15) is 14.0 Å². The zero-order valence-corrected chi connectivity index (χ0v) is 16.0. The largest absolute Gasteiger partial charge is 0.358 e. The Morgan fingerprint density at radius 1 is 1.11 bits per heavy atom. The molecule has 2 N–H and O–H groups in total. The molecule has 0 aliphatic carbocycles. The fourth-order valence-corrected chi connectivity index (χ4v) is 4.15. The Bertz CT molecular complexity index is 1020. The number of thioether (sulfide) groups is 1. The molecule has 0 bridgehead atoms. The highest BCUT2D eigenvalue weighted by molar-refractivity contribution is 8.00. The summed E-state index contributed by atoms with van der Waals surface area (Å²) in [5.41, 5.74) is 4.04. The molecule has 3 aromatic rings. The van der Waals surface area contributed by atoms with Crippen molar-refractivity contribution in [2.45, 2.75) is 13.0 Å². The molecule has 1 aromatic heterocycles. The molecule has 2 aromatic carbocycles. The van der Waals surface area contributed by atoms with Gasteiger partial charge in [-0.05, 0) is 30.3 Å². The van der Waals surface area contributed by atoms with Crippen molar-refractivity contribution in [3.05, 3.63) is 65.6 Å². The number of fused-ring (bicyclic) bond motifs is 3. The highest BCUT2D eigenvalue weighted by Gasteiger charge is 2.23. The van der Waals surface area contributed by atoms with Crippen LogP contribution in [0, 0.1) is 5.82 Å². The summed E-state index contributed by atoms with van der Waals surface area (Å²) < 4.78 is 12.9. The molecule has 7 heteroatoms. The van der Waals surface area contributed by atoms with Crippen molar-refractivity contribution < 1.29 is 14.0 Å². The zero-order chi connectivity index (χ0) is 19.5. The van der Waals surface area contributed by atoms with Crippen LogP contribution in [0.5, 0.6) is 0 Å². The summed E-state index contributed by atoms with van der Waals surface area (Å²) >= 11 is 1.29. The van der Waals surface area contributed by atoms with Gasteiger partial charge in [-0.15, -0.1) is 11.8 Å². The highest BCUT2D eigenvalue weighted by atomic mass is 32.2. The zero-order valence-electron chi connectivity index (χ0n) is 15.2. The predicted octanol–water partition coefficient (Wildman–Crippen LogP) is 3.56. The summed E-state index contributed by atoms with van der Waals surface area (Å²) in [6, 6.07) is 13.7. The summed E-state index contributed by atoms with van der Waals surface area (Å²) in [5.74, 6) is -0.0839. The van der Waals surface area contributed by atoms with E-state index in [1.807, 2.05) is 17.0 Å². The van der Waals surface area contributed by atoms with E-state index in [0.717, 1.165) is 11.9 Å². The van der Waals surface area contributed by atoms with Crippen LogP contribution in [0.2, 0.25) is 0 Å². The van der Waals surface area contributed by atoms with Crippen molar-refractivity contribution in [1.29, 1.82) is 0 Å². The van der Waals surface area contributed by atoms with Gasteiger partial charge >= 0.3 is 0 Å². The minimum atomic E-state index is -0.349. The lowest BCUT2D eigenvalue weighted by atomic mass is 10.0. The summed E-state index contributed by atoms with van der Waals surface area (Å²) in [6.07, 6.45) is 0.811. The fourth-order valence-electron chi connectivity index (χ4n) is 3.43. The van der Waals surface area contributed by atoms with E-state index in [4.69, 9.17) is 0 Å². The number of carbonyl (C=O) groups is 2. The average molecular weight is 397 g/mol. The van der Waals surface area contributed by atoms with Gasteiger partial charge in [0.2, 0.25) is 11.8 Å². The maximum absolute atomic E-state index is 12.9. The quantitative estimate of drug-likeness (QED) is 0.692. The Balaban J connectivity index is 1.28. The summed E-state index contributed by atoms with van der Waals surface area (Å²) in [4.78, 5) is 29.8. The number of hydrogen-bond donors (Lipinski definition) is 2. The number of amides is 2. The third-order valence-electron chi connectivity index (χ3n) is 4.82. The van der Waals surface area contributed by atoms with Gasteiger partial charge in [0.05, 0.1) is 11.5 Å². The minimum absolute atomic E-state index is 0.0375. The molecule has 2 amide bonds. The van der Waals surface area contributed by atoms with Crippen LogP contribution in [0.25, 0.3) is 10.9 Å². The van der Waals surface area contributed by atoms with Crippen LogP contribution in [-0.2, 0) is 22.6 Å². The Hall–Kier alpha value is -2.80. The van der Waals surface area contributed by atoms with Crippen molar-refractivity contribution in [2.24, 2.45) is 0 Å². The second kappa shape index (κ2) is 8.06. The van der Waals surface area contributed by atoms with Crippen LogP contribution in [0.4, 0.5) is 10.1 Å². The van der Waals surface area contributed by atoms with Crippen LogP contribution in [0.1, 0.15) is 11.3 Å². The Kier molecular flexibility index (Phi) is 5.34.